The van der Waals surface area contributed by atoms with Crippen LogP contribution in [0.4, 0.5) is 5.69 Å². The van der Waals surface area contributed by atoms with Crippen LogP contribution in [0, 0.1) is 6.92 Å². The fourth-order valence-corrected chi connectivity index (χ4v) is 4.37. The van der Waals surface area contributed by atoms with Gasteiger partial charge in [-0.15, -0.1) is 0 Å². The van der Waals surface area contributed by atoms with Crippen molar-refractivity contribution in [2.75, 3.05) is 24.5 Å². The molecular weight excluding hydrogens is 408 g/mol. The summed E-state index contributed by atoms with van der Waals surface area (Å²) in [5.41, 5.74) is 1.29. The Labute approximate surface area is 177 Å². The van der Waals surface area contributed by atoms with E-state index in [-0.39, 0.29) is 18.0 Å². The van der Waals surface area contributed by atoms with E-state index in [2.05, 4.69) is 5.32 Å². The van der Waals surface area contributed by atoms with E-state index in [0.29, 0.717) is 17.9 Å². The van der Waals surface area contributed by atoms with E-state index >= 15 is 0 Å². The van der Waals surface area contributed by atoms with Crippen LogP contribution in [0.25, 0.3) is 0 Å². The normalized spacial score (nSPS) is 13.5. The zero-order valence-corrected chi connectivity index (χ0v) is 18.1. The minimum Gasteiger partial charge on any atom is -0.497 e. The van der Waals surface area contributed by atoms with Gasteiger partial charge in [-0.3, -0.25) is 9.10 Å². The van der Waals surface area contributed by atoms with Crippen molar-refractivity contribution in [2.24, 2.45) is 0 Å². The number of anilines is 1. The van der Waals surface area contributed by atoms with Gasteiger partial charge in [0.15, 0.2) is 0 Å². The largest absolute Gasteiger partial charge is 0.497 e. The maximum Gasteiger partial charge on any atom is 0.320 e. The highest BCUT2D eigenvalue weighted by Gasteiger charge is 2.28. The van der Waals surface area contributed by atoms with Crippen LogP contribution >= 0.6 is 0 Å². The summed E-state index contributed by atoms with van der Waals surface area (Å²) in [6, 6.07) is 12.1. The van der Waals surface area contributed by atoms with Crippen LogP contribution in [0.1, 0.15) is 18.9 Å². The molecule has 9 heteroatoms. The lowest BCUT2D eigenvalue weighted by molar-refractivity contribution is -0.139. The number of benzene rings is 2. The van der Waals surface area contributed by atoms with Crippen molar-refractivity contribution < 1.29 is 28.2 Å². The number of hydrogen-bond acceptors (Lipinski definition) is 6. The number of aliphatic hydroxyl groups is 1. The van der Waals surface area contributed by atoms with Gasteiger partial charge in [-0.1, -0.05) is 24.6 Å². The average molecular weight is 437 g/mol. The number of aryl methyl sites for hydroxylation is 1. The van der Waals surface area contributed by atoms with Crippen molar-refractivity contribution >= 4 is 21.7 Å². The summed E-state index contributed by atoms with van der Waals surface area (Å²) in [4.78, 5) is 11.3. The molecule has 0 saturated carbocycles. The maximum atomic E-state index is 13.3. The Morgan fingerprint density at radius 1 is 1.13 bits per heavy atom. The number of sulfonamides is 1. The zero-order valence-electron chi connectivity index (χ0n) is 17.3. The van der Waals surface area contributed by atoms with Crippen LogP contribution in [0.15, 0.2) is 53.4 Å². The number of carbonyl (C=O) groups is 1. The summed E-state index contributed by atoms with van der Waals surface area (Å²) in [6.07, 6.45) is -0.785. The van der Waals surface area contributed by atoms with E-state index in [4.69, 9.17) is 9.84 Å². The molecule has 0 aliphatic rings. The predicted octanol–water partition coefficient (Wildman–Crippen LogP) is 2.01. The van der Waals surface area contributed by atoms with Crippen LogP contribution in [0.2, 0.25) is 0 Å². The van der Waals surface area contributed by atoms with E-state index < -0.39 is 28.1 Å². The molecule has 0 aliphatic heterocycles. The van der Waals surface area contributed by atoms with Gasteiger partial charge in [-0.05, 0) is 49.7 Å². The third-order valence-corrected chi connectivity index (χ3v) is 6.46. The highest BCUT2D eigenvalue weighted by Crippen LogP contribution is 2.26. The number of methoxy groups -OCH3 is 1. The molecule has 0 heterocycles. The molecule has 2 rings (SSSR count). The summed E-state index contributed by atoms with van der Waals surface area (Å²) in [6.45, 7) is 3.26. The molecule has 2 aromatic rings. The second kappa shape index (κ2) is 10.4. The van der Waals surface area contributed by atoms with E-state index in [0.717, 1.165) is 9.87 Å². The Morgan fingerprint density at radius 2 is 1.73 bits per heavy atom. The summed E-state index contributed by atoms with van der Waals surface area (Å²) in [5.74, 6) is -0.454. The molecule has 0 radical (unpaired) electrons. The number of aliphatic hydroxyl groups excluding tert-OH is 1. The fourth-order valence-electron chi connectivity index (χ4n) is 2.87. The minimum atomic E-state index is -3.96. The van der Waals surface area contributed by atoms with E-state index in [1.807, 2.05) is 6.92 Å². The number of rotatable bonds is 11. The molecule has 0 saturated heterocycles. The zero-order chi connectivity index (χ0) is 22.3. The van der Waals surface area contributed by atoms with Crippen molar-refractivity contribution in [1.82, 2.24) is 5.32 Å². The van der Waals surface area contributed by atoms with Crippen LogP contribution in [-0.4, -0.2) is 56.9 Å². The van der Waals surface area contributed by atoms with Gasteiger partial charge in [0.2, 0.25) is 0 Å². The van der Waals surface area contributed by atoms with Crippen molar-refractivity contribution in [3.8, 4) is 5.75 Å². The molecule has 0 aliphatic carbocycles. The third kappa shape index (κ3) is 5.94. The predicted molar refractivity (Wildman–Crippen MR) is 114 cm³/mol. The average Bonchev–Trinajstić information content (AvgIpc) is 2.72. The second-order valence-corrected chi connectivity index (χ2v) is 8.77. The van der Waals surface area contributed by atoms with Crippen molar-refractivity contribution in [3.05, 3.63) is 54.1 Å². The van der Waals surface area contributed by atoms with Crippen molar-refractivity contribution in [3.63, 3.8) is 0 Å². The summed E-state index contributed by atoms with van der Waals surface area (Å²) in [5, 5.41) is 22.4. The highest BCUT2D eigenvalue weighted by molar-refractivity contribution is 7.92. The number of nitrogens with zero attached hydrogens (tertiary/aromatic N) is 1. The van der Waals surface area contributed by atoms with Gasteiger partial charge in [-0.2, -0.15) is 0 Å². The maximum absolute atomic E-state index is 13.3. The topological polar surface area (TPSA) is 116 Å². The molecule has 0 bridgehead atoms. The number of ether oxygens (including phenoxy) is 1. The Balaban J connectivity index is 2.31. The smallest absolute Gasteiger partial charge is 0.320 e. The second-order valence-electron chi connectivity index (χ2n) is 6.91. The summed E-state index contributed by atoms with van der Waals surface area (Å²) in [7, 11) is -2.45. The van der Waals surface area contributed by atoms with Gasteiger partial charge in [0.1, 0.15) is 11.8 Å². The van der Waals surface area contributed by atoms with Crippen LogP contribution in [-0.2, 0) is 14.8 Å². The van der Waals surface area contributed by atoms with Gasteiger partial charge in [-0.25, -0.2) is 8.42 Å². The number of carboxylic acid groups (broad SMARTS) is 1. The fraction of sp³-hybridized carbons (Fsp3) is 0.381. The number of carboxylic acids is 1. The molecule has 30 heavy (non-hydrogen) atoms. The third-order valence-electron chi connectivity index (χ3n) is 4.65. The summed E-state index contributed by atoms with van der Waals surface area (Å²) >= 11 is 0. The lowest BCUT2D eigenvalue weighted by Gasteiger charge is -2.27. The van der Waals surface area contributed by atoms with Crippen LogP contribution in [0.5, 0.6) is 5.75 Å². The first-order chi connectivity index (χ1) is 14.2. The quantitative estimate of drug-likeness (QED) is 0.493. The Kier molecular flexibility index (Phi) is 8.22. The van der Waals surface area contributed by atoms with Gasteiger partial charge < -0.3 is 20.3 Å². The molecule has 164 valence electrons. The van der Waals surface area contributed by atoms with Gasteiger partial charge >= 0.3 is 5.97 Å². The minimum absolute atomic E-state index is 0.0686. The first-order valence-electron chi connectivity index (χ1n) is 9.56. The number of nitrogens with one attached hydrogen (secondary N) is 1. The molecule has 0 amide bonds. The van der Waals surface area contributed by atoms with E-state index in [9.17, 15) is 18.3 Å². The van der Waals surface area contributed by atoms with Crippen molar-refractivity contribution in [2.45, 2.75) is 37.3 Å². The molecule has 0 fully saturated rings. The summed E-state index contributed by atoms with van der Waals surface area (Å²) < 4.78 is 32.9. The number of aliphatic carboxylic acids is 1. The van der Waals surface area contributed by atoms with Crippen molar-refractivity contribution in [1.29, 1.82) is 0 Å². The molecule has 2 aromatic carbocycles. The van der Waals surface area contributed by atoms with Gasteiger partial charge in [0, 0.05) is 6.54 Å². The molecule has 2 unspecified atom stereocenters. The standard InChI is InChI=1S/C21H28N2O6S/c1-4-20(21(25)26)22-13-17(24)14-23(16-7-9-18(29-3)10-8-16)30(27,28)19-11-5-15(2)6-12-19/h5-12,17,20,22,24H,4,13-14H2,1-3H3,(H,25,26). The lowest BCUT2D eigenvalue weighted by atomic mass is 10.2. The number of hydrogen-bond donors (Lipinski definition) is 3. The highest BCUT2D eigenvalue weighted by atomic mass is 32.2. The van der Waals surface area contributed by atoms with E-state index in [1.54, 1.807) is 43.3 Å². The lowest BCUT2D eigenvalue weighted by Crippen LogP contribution is -2.45. The molecule has 3 N–H and O–H groups in total. The van der Waals surface area contributed by atoms with Gasteiger partial charge in [0.25, 0.3) is 10.0 Å². The first kappa shape index (κ1) is 23.7. The molecular formula is C21H28N2O6S. The first-order valence-corrected chi connectivity index (χ1v) is 11.0. The van der Waals surface area contributed by atoms with Gasteiger partial charge in [0.05, 0.1) is 30.3 Å². The monoisotopic (exact) mass is 436 g/mol. The SMILES string of the molecule is CCC(NCC(O)CN(c1ccc(OC)cc1)S(=O)(=O)c1ccc(C)cc1)C(=O)O. The molecule has 0 aromatic heterocycles. The molecule has 0 spiro atoms. The Bertz CT molecular complexity index is 929. The Morgan fingerprint density at radius 3 is 2.23 bits per heavy atom. The molecule has 2 atom stereocenters. The van der Waals surface area contributed by atoms with E-state index in [1.165, 1.54) is 19.2 Å². The molecule has 8 nitrogen and oxygen atoms in total. The van der Waals surface area contributed by atoms with Crippen LogP contribution < -0.4 is 14.4 Å². The Hall–Kier alpha value is -2.62. The van der Waals surface area contributed by atoms with Crippen LogP contribution in [0.3, 0.4) is 0 Å².